The largest absolute Gasteiger partial charge is 0.493 e. The van der Waals surface area contributed by atoms with Crippen LogP contribution < -0.4 is 20.5 Å². The van der Waals surface area contributed by atoms with Crippen molar-refractivity contribution >= 4 is 5.96 Å². The first kappa shape index (κ1) is 22.2. The highest BCUT2D eigenvalue weighted by Crippen LogP contribution is 2.27. The standard InChI is InChI=1S/C24H30N4O3/c1-28(17-21-9-6-12-31-21)16-20-8-5-4-7-19(20)15-27-24(25)26-14-18-10-11-22(29-2)23(13-18)30-3/h4-13H,14-17H2,1-3H3,(H3,25,26,27). The maximum atomic E-state index is 6.10. The molecule has 0 radical (unpaired) electrons. The number of nitrogens with zero attached hydrogens (tertiary/aromatic N) is 2. The molecular formula is C24H30N4O3. The molecule has 1 aromatic heterocycles. The fourth-order valence-corrected chi connectivity index (χ4v) is 3.30. The van der Waals surface area contributed by atoms with E-state index in [9.17, 15) is 0 Å². The number of hydrogen-bond donors (Lipinski definition) is 2. The van der Waals surface area contributed by atoms with Crippen LogP contribution in [0.1, 0.15) is 22.5 Å². The van der Waals surface area contributed by atoms with Crippen LogP contribution in [0.3, 0.4) is 0 Å². The molecular weight excluding hydrogens is 392 g/mol. The lowest BCUT2D eigenvalue weighted by atomic mass is 10.1. The van der Waals surface area contributed by atoms with E-state index in [1.807, 2.05) is 42.5 Å². The molecule has 1 heterocycles. The first-order valence-electron chi connectivity index (χ1n) is 10.1. The molecule has 0 saturated carbocycles. The number of nitrogens with two attached hydrogens (primary N) is 1. The molecule has 3 rings (SSSR count). The van der Waals surface area contributed by atoms with Crippen molar-refractivity contribution in [3.05, 3.63) is 83.3 Å². The van der Waals surface area contributed by atoms with Gasteiger partial charge in [0.2, 0.25) is 0 Å². The van der Waals surface area contributed by atoms with Crippen molar-refractivity contribution in [1.82, 2.24) is 10.2 Å². The molecule has 0 saturated heterocycles. The van der Waals surface area contributed by atoms with Crippen LogP contribution >= 0.6 is 0 Å². The van der Waals surface area contributed by atoms with Crippen molar-refractivity contribution in [2.24, 2.45) is 10.7 Å². The fourth-order valence-electron chi connectivity index (χ4n) is 3.30. The van der Waals surface area contributed by atoms with Crippen LogP contribution in [0.2, 0.25) is 0 Å². The van der Waals surface area contributed by atoms with Gasteiger partial charge in [-0.1, -0.05) is 30.3 Å². The molecule has 31 heavy (non-hydrogen) atoms. The highest BCUT2D eigenvalue weighted by atomic mass is 16.5. The number of methoxy groups -OCH3 is 2. The van der Waals surface area contributed by atoms with E-state index >= 15 is 0 Å². The van der Waals surface area contributed by atoms with Gasteiger partial charge in [0, 0.05) is 13.1 Å². The number of nitrogens with one attached hydrogen (secondary N) is 1. The van der Waals surface area contributed by atoms with E-state index in [-0.39, 0.29) is 0 Å². The smallest absolute Gasteiger partial charge is 0.189 e. The summed E-state index contributed by atoms with van der Waals surface area (Å²) in [7, 11) is 5.31. The summed E-state index contributed by atoms with van der Waals surface area (Å²) in [6.45, 7) is 2.61. The molecule has 0 amide bonds. The van der Waals surface area contributed by atoms with Crippen LogP contribution in [0.5, 0.6) is 11.5 Å². The Bertz CT molecular complexity index is 986. The Labute approximate surface area is 183 Å². The van der Waals surface area contributed by atoms with E-state index in [2.05, 4.69) is 34.4 Å². The van der Waals surface area contributed by atoms with Crippen LogP contribution in [0, 0.1) is 0 Å². The Kier molecular flexibility index (Phi) is 7.95. The van der Waals surface area contributed by atoms with Gasteiger partial charge in [0.25, 0.3) is 0 Å². The maximum Gasteiger partial charge on any atom is 0.189 e. The monoisotopic (exact) mass is 422 g/mol. The fraction of sp³-hybridized carbons (Fsp3) is 0.292. The van der Waals surface area contributed by atoms with Gasteiger partial charge in [0.15, 0.2) is 17.5 Å². The quantitative estimate of drug-likeness (QED) is 0.384. The number of ether oxygens (including phenoxy) is 2. The SMILES string of the molecule is COc1ccc(CN=C(N)NCc2ccccc2CN(C)Cc2ccco2)cc1OC. The van der Waals surface area contributed by atoms with Gasteiger partial charge in [-0.05, 0) is 48.0 Å². The molecule has 0 aliphatic rings. The molecule has 7 nitrogen and oxygen atoms in total. The van der Waals surface area contributed by atoms with E-state index in [0.29, 0.717) is 30.5 Å². The van der Waals surface area contributed by atoms with Gasteiger partial charge >= 0.3 is 0 Å². The minimum atomic E-state index is 0.397. The van der Waals surface area contributed by atoms with E-state index in [1.54, 1.807) is 20.5 Å². The minimum absolute atomic E-state index is 0.397. The highest BCUT2D eigenvalue weighted by Gasteiger charge is 2.08. The summed E-state index contributed by atoms with van der Waals surface area (Å²) < 4.78 is 16.0. The van der Waals surface area contributed by atoms with Crippen molar-refractivity contribution in [2.45, 2.75) is 26.2 Å². The molecule has 2 aromatic carbocycles. The van der Waals surface area contributed by atoms with Crippen molar-refractivity contribution in [1.29, 1.82) is 0 Å². The van der Waals surface area contributed by atoms with Crippen molar-refractivity contribution in [3.63, 3.8) is 0 Å². The van der Waals surface area contributed by atoms with E-state index in [4.69, 9.17) is 19.6 Å². The summed E-state index contributed by atoms with van der Waals surface area (Å²) >= 11 is 0. The summed E-state index contributed by atoms with van der Waals surface area (Å²) in [5, 5.41) is 3.21. The molecule has 0 unspecified atom stereocenters. The second-order valence-electron chi connectivity index (χ2n) is 7.26. The second-order valence-corrected chi connectivity index (χ2v) is 7.26. The van der Waals surface area contributed by atoms with Gasteiger partial charge in [0.1, 0.15) is 5.76 Å². The van der Waals surface area contributed by atoms with Gasteiger partial charge in [-0.25, -0.2) is 4.99 Å². The van der Waals surface area contributed by atoms with Crippen LogP contribution in [0.4, 0.5) is 0 Å². The minimum Gasteiger partial charge on any atom is -0.493 e. The van der Waals surface area contributed by atoms with Crippen LogP contribution in [-0.2, 0) is 26.2 Å². The topological polar surface area (TPSA) is 85.3 Å². The van der Waals surface area contributed by atoms with Crippen LogP contribution in [0.25, 0.3) is 0 Å². The Morgan fingerprint density at radius 2 is 1.77 bits per heavy atom. The summed E-state index contributed by atoms with van der Waals surface area (Å²) in [6.07, 6.45) is 1.70. The third-order valence-corrected chi connectivity index (χ3v) is 4.90. The van der Waals surface area contributed by atoms with E-state index in [0.717, 1.165) is 24.4 Å². The van der Waals surface area contributed by atoms with E-state index < -0.39 is 0 Å². The average Bonchev–Trinajstić information content (AvgIpc) is 3.29. The van der Waals surface area contributed by atoms with Crippen molar-refractivity contribution < 1.29 is 13.9 Å². The zero-order valence-electron chi connectivity index (χ0n) is 18.3. The lowest BCUT2D eigenvalue weighted by Crippen LogP contribution is -2.31. The third kappa shape index (κ3) is 6.52. The molecule has 0 spiro atoms. The lowest BCUT2D eigenvalue weighted by Gasteiger charge is -2.18. The Morgan fingerprint density at radius 1 is 1.00 bits per heavy atom. The molecule has 7 heteroatoms. The Morgan fingerprint density at radius 3 is 2.48 bits per heavy atom. The lowest BCUT2D eigenvalue weighted by molar-refractivity contribution is 0.287. The maximum absolute atomic E-state index is 6.10. The normalized spacial score (nSPS) is 11.5. The highest BCUT2D eigenvalue weighted by molar-refractivity contribution is 5.77. The molecule has 3 N–H and O–H groups in total. The molecule has 0 atom stereocenters. The van der Waals surface area contributed by atoms with E-state index in [1.165, 1.54) is 11.1 Å². The number of aliphatic imine (C=N–C) groups is 1. The Hall–Kier alpha value is -3.45. The Balaban J connectivity index is 1.57. The summed E-state index contributed by atoms with van der Waals surface area (Å²) in [5.74, 6) is 2.71. The van der Waals surface area contributed by atoms with Crippen molar-refractivity contribution in [3.8, 4) is 11.5 Å². The number of benzene rings is 2. The number of guanidine groups is 1. The first-order valence-corrected chi connectivity index (χ1v) is 10.1. The van der Waals surface area contributed by atoms with Crippen LogP contribution in [0.15, 0.2) is 70.3 Å². The summed E-state index contributed by atoms with van der Waals surface area (Å²) in [6, 6.07) is 17.9. The molecule has 164 valence electrons. The third-order valence-electron chi connectivity index (χ3n) is 4.90. The van der Waals surface area contributed by atoms with Gasteiger partial charge in [-0.2, -0.15) is 0 Å². The first-order chi connectivity index (χ1) is 15.1. The molecule has 0 fully saturated rings. The average molecular weight is 423 g/mol. The number of rotatable bonds is 10. The van der Waals surface area contributed by atoms with Gasteiger partial charge < -0.3 is 24.9 Å². The second kappa shape index (κ2) is 11.1. The zero-order valence-corrected chi connectivity index (χ0v) is 18.3. The predicted molar refractivity (Wildman–Crippen MR) is 122 cm³/mol. The molecule has 0 bridgehead atoms. The van der Waals surface area contributed by atoms with Gasteiger partial charge in [0.05, 0.1) is 33.6 Å². The zero-order chi connectivity index (χ0) is 22.1. The number of hydrogen-bond acceptors (Lipinski definition) is 5. The van der Waals surface area contributed by atoms with Crippen molar-refractivity contribution in [2.75, 3.05) is 21.3 Å². The predicted octanol–water partition coefficient (Wildman–Crippen LogP) is 3.53. The molecule has 3 aromatic rings. The van der Waals surface area contributed by atoms with Crippen LogP contribution in [-0.4, -0.2) is 32.1 Å². The van der Waals surface area contributed by atoms with Gasteiger partial charge in [-0.3, -0.25) is 4.90 Å². The van der Waals surface area contributed by atoms with Gasteiger partial charge in [-0.15, -0.1) is 0 Å². The number of furan rings is 1. The molecule has 0 aliphatic carbocycles. The summed E-state index contributed by atoms with van der Waals surface area (Å²) in [4.78, 5) is 6.66. The summed E-state index contributed by atoms with van der Waals surface area (Å²) in [5.41, 5.74) is 9.50. The molecule has 0 aliphatic heterocycles.